The highest BCUT2D eigenvalue weighted by molar-refractivity contribution is 9.10. The molecule has 0 bridgehead atoms. The summed E-state index contributed by atoms with van der Waals surface area (Å²) < 4.78 is 6.53. The lowest BCUT2D eigenvalue weighted by molar-refractivity contribution is -0.120. The molecule has 0 radical (unpaired) electrons. The number of rotatable bonds is 5. The van der Waals surface area contributed by atoms with E-state index in [1.807, 2.05) is 62.4 Å². The predicted octanol–water partition coefficient (Wildman–Crippen LogP) is 4.19. The highest BCUT2D eigenvalue weighted by atomic mass is 79.9. The largest absolute Gasteiger partial charge is 0.484 e. The first-order valence-electron chi connectivity index (χ1n) is 6.85. The lowest BCUT2D eigenvalue weighted by atomic mass is 10.2. The maximum Gasteiger partial charge on any atom is 0.264 e. The highest BCUT2D eigenvalue weighted by Gasteiger charge is 2.14. The van der Waals surface area contributed by atoms with Crippen molar-refractivity contribution in [1.82, 2.24) is 0 Å². The van der Waals surface area contributed by atoms with Crippen LogP contribution in [0, 0.1) is 6.92 Å². The fraction of sp³-hybridized carbons (Fsp3) is 0.235. The standard InChI is InChI=1S/C17H18BrNO2/c1-3-19(15-6-4-5-13(2)11-15)17(20)12-21-16-9-7-14(18)8-10-16/h4-11H,3,12H2,1-2H3. The van der Waals surface area contributed by atoms with Gasteiger partial charge in [-0.05, 0) is 55.8 Å². The smallest absolute Gasteiger partial charge is 0.264 e. The fourth-order valence-corrected chi connectivity index (χ4v) is 2.32. The lowest BCUT2D eigenvalue weighted by Gasteiger charge is -2.21. The molecule has 0 aliphatic rings. The molecule has 2 aromatic carbocycles. The molecule has 2 aromatic rings. The summed E-state index contributed by atoms with van der Waals surface area (Å²) in [5.41, 5.74) is 2.04. The van der Waals surface area contributed by atoms with Gasteiger partial charge in [-0.25, -0.2) is 0 Å². The monoisotopic (exact) mass is 347 g/mol. The number of hydrogen-bond acceptors (Lipinski definition) is 2. The van der Waals surface area contributed by atoms with E-state index >= 15 is 0 Å². The second-order valence-corrected chi connectivity index (χ2v) is 5.64. The van der Waals surface area contributed by atoms with Gasteiger partial charge in [0.2, 0.25) is 0 Å². The average Bonchev–Trinajstić information content (AvgIpc) is 2.47. The molecule has 4 heteroatoms. The minimum Gasteiger partial charge on any atom is -0.484 e. The third-order valence-electron chi connectivity index (χ3n) is 3.11. The van der Waals surface area contributed by atoms with Crippen LogP contribution in [0.5, 0.6) is 5.75 Å². The summed E-state index contributed by atoms with van der Waals surface area (Å²) in [6.07, 6.45) is 0. The van der Waals surface area contributed by atoms with Gasteiger partial charge in [0.05, 0.1) is 0 Å². The zero-order valence-corrected chi connectivity index (χ0v) is 13.8. The Morgan fingerprint density at radius 3 is 2.52 bits per heavy atom. The molecule has 0 atom stereocenters. The summed E-state index contributed by atoms with van der Waals surface area (Å²) in [5, 5.41) is 0. The van der Waals surface area contributed by atoms with E-state index in [1.54, 1.807) is 4.90 Å². The number of amides is 1. The van der Waals surface area contributed by atoms with Gasteiger partial charge < -0.3 is 9.64 Å². The third kappa shape index (κ3) is 4.33. The van der Waals surface area contributed by atoms with Gasteiger partial charge in [-0.2, -0.15) is 0 Å². The molecule has 0 heterocycles. The molecule has 0 saturated carbocycles. The molecule has 0 spiro atoms. The van der Waals surface area contributed by atoms with Crippen LogP contribution in [0.15, 0.2) is 53.0 Å². The number of halogens is 1. The molecule has 0 aromatic heterocycles. The summed E-state index contributed by atoms with van der Waals surface area (Å²) in [6.45, 7) is 4.62. The predicted molar refractivity (Wildman–Crippen MR) is 88.8 cm³/mol. The van der Waals surface area contributed by atoms with Crippen LogP contribution >= 0.6 is 15.9 Å². The molecule has 21 heavy (non-hydrogen) atoms. The van der Waals surface area contributed by atoms with E-state index in [0.29, 0.717) is 12.3 Å². The van der Waals surface area contributed by atoms with Crippen molar-refractivity contribution >= 4 is 27.5 Å². The van der Waals surface area contributed by atoms with Crippen LogP contribution in [0.3, 0.4) is 0 Å². The molecule has 0 aliphatic heterocycles. The molecular formula is C17H18BrNO2. The maximum absolute atomic E-state index is 12.3. The summed E-state index contributed by atoms with van der Waals surface area (Å²) in [6, 6.07) is 15.3. The van der Waals surface area contributed by atoms with E-state index in [2.05, 4.69) is 15.9 Å². The van der Waals surface area contributed by atoms with Crippen molar-refractivity contribution in [2.75, 3.05) is 18.1 Å². The second kappa shape index (κ2) is 7.27. The van der Waals surface area contributed by atoms with Gasteiger partial charge in [0.25, 0.3) is 5.91 Å². The number of carbonyl (C=O) groups is 1. The highest BCUT2D eigenvalue weighted by Crippen LogP contribution is 2.18. The van der Waals surface area contributed by atoms with E-state index in [-0.39, 0.29) is 12.5 Å². The number of aryl methyl sites for hydroxylation is 1. The summed E-state index contributed by atoms with van der Waals surface area (Å²) in [4.78, 5) is 14.0. The van der Waals surface area contributed by atoms with Gasteiger partial charge in [-0.1, -0.05) is 28.1 Å². The van der Waals surface area contributed by atoms with Crippen molar-refractivity contribution < 1.29 is 9.53 Å². The zero-order valence-electron chi connectivity index (χ0n) is 12.2. The molecule has 0 unspecified atom stereocenters. The molecule has 110 valence electrons. The Balaban J connectivity index is 2.02. The molecule has 0 N–H and O–H groups in total. The van der Waals surface area contributed by atoms with Crippen LogP contribution < -0.4 is 9.64 Å². The first kappa shape index (κ1) is 15.6. The van der Waals surface area contributed by atoms with Crippen LogP contribution in [-0.4, -0.2) is 19.1 Å². The Morgan fingerprint density at radius 2 is 1.90 bits per heavy atom. The van der Waals surface area contributed by atoms with Crippen LogP contribution in [0.1, 0.15) is 12.5 Å². The van der Waals surface area contributed by atoms with E-state index in [4.69, 9.17) is 4.74 Å². The van der Waals surface area contributed by atoms with Crippen molar-refractivity contribution in [2.24, 2.45) is 0 Å². The molecule has 1 amide bonds. The topological polar surface area (TPSA) is 29.5 Å². The van der Waals surface area contributed by atoms with Crippen molar-refractivity contribution in [3.05, 3.63) is 58.6 Å². The van der Waals surface area contributed by atoms with Crippen LogP contribution in [0.25, 0.3) is 0 Å². The molecular weight excluding hydrogens is 330 g/mol. The summed E-state index contributed by atoms with van der Waals surface area (Å²) >= 11 is 3.37. The number of anilines is 1. The van der Waals surface area contributed by atoms with Gasteiger partial charge in [0, 0.05) is 16.7 Å². The molecule has 2 rings (SSSR count). The van der Waals surface area contributed by atoms with Crippen molar-refractivity contribution in [3.8, 4) is 5.75 Å². The van der Waals surface area contributed by atoms with Crippen LogP contribution in [-0.2, 0) is 4.79 Å². The Kier molecular flexibility index (Phi) is 5.39. The fourth-order valence-electron chi connectivity index (χ4n) is 2.05. The number of hydrogen-bond donors (Lipinski definition) is 0. The average molecular weight is 348 g/mol. The number of likely N-dealkylation sites (N-methyl/N-ethyl adjacent to an activating group) is 1. The normalized spacial score (nSPS) is 10.2. The Bertz CT molecular complexity index is 610. The lowest BCUT2D eigenvalue weighted by Crippen LogP contribution is -2.34. The van der Waals surface area contributed by atoms with Gasteiger partial charge in [-0.15, -0.1) is 0 Å². The number of carbonyl (C=O) groups excluding carboxylic acids is 1. The summed E-state index contributed by atoms with van der Waals surface area (Å²) in [7, 11) is 0. The Labute approximate surface area is 133 Å². The first-order chi connectivity index (χ1) is 10.1. The van der Waals surface area contributed by atoms with Crippen LogP contribution in [0.2, 0.25) is 0 Å². The van der Waals surface area contributed by atoms with Crippen molar-refractivity contribution in [3.63, 3.8) is 0 Å². The van der Waals surface area contributed by atoms with Crippen LogP contribution in [0.4, 0.5) is 5.69 Å². The van der Waals surface area contributed by atoms with Gasteiger partial charge in [0.15, 0.2) is 6.61 Å². The zero-order chi connectivity index (χ0) is 15.2. The maximum atomic E-state index is 12.3. The SMILES string of the molecule is CCN(C(=O)COc1ccc(Br)cc1)c1cccc(C)c1. The Hall–Kier alpha value is -1.81. The number of ether oxygens (including phenoxy) is 1. The van der Waals surface area contributed by atoms with Gasteiger partial charge in [-0.3, -0.25) is 4.79 Å². The summed E-state index contributed by atoms with van der Waals surface area (Å²) in [5.74, 6) is 0.637. The Morgan fingerprint density at radius 1 is 1.19 bits per heavy atom. The minimum absolute atomic E-state index is 0.0312. The quantitative estimate of drug-likeness (QED) is 0.811. The molecule has 0 saturated heterocycles. The number of benzene rings is 2. The van der Waals surface area contributed by atoms with E-state index < -0.39 is 0 Å². The van der Waals surface area contributed by atoms with E-state index in [1.165, 1.54) is 0 Å². The van der Waals surface area contributed by atoms with E-state index in [0.717, 1.165) is 15.7 Å². The molecule has 0 aliphatic carbocycles. The third-order valence-corrected chi connectivity index (χ3v) is 3.64. The molecule has 0 fully saturated rings. The number of nitrogens with zero attached hydrogens (tertiary/aromatic N) is 1. The van der Waals surface area contributed by atoms with E-state index in [9.17, 15) is 4.79 Å². The van der Waals surface area contributed by atoms with Crippen molar-refractivity contribution in [1.29, 1.82) is 0 Å². The second-order valence-electron chi connectivity index (χ2n) is 4.72. The van der Waals surface area contributed by atoms with Gasteiger partial charge in [0.1, 0.15) is 5.75 Å². The first-order valence-corrected chi connectivity index (χ1v) is 7.65. The van der Waals surface area contributed by atoms with Gasteiger partial charge >= 0.3 is 0 Å². The van der Waals surface area contributed by atoms with Crippen molar-refractivity contribution in [2.45, 2.75) is 13.8 Å². The minimum atomic E-state index is -0.0500. The molecule has 3 nitrogen and oxygen atoms in total.